The van der Waals surface area contributed by atoms with E-state index in [1.54, 1.807) is 17.0 Å². The summed E-state index contributed by atoms with van der Waals surface area (Å²) in [6, 6.07) is 12.7. The molecule has 1 saturated heterocycles. The van der Waals surface area contributed by atoms with Crippen molar-refractivity contribution < 1.29 is 23.8 Å². The standard InChI is InChI=1S/C20H19NO5/c22-19-2-1-11-21(19)15-5-7-16(8-6-15)26-20(23)10-4-14-3-9-17-18(12-14)25-13-24-17/h3,5-9,12H,1-2,4,10-11,13H2. The normalized spacial score (nSPS) is 15.4. The van der Waals surface area contributed by atoms with E-state index in [-0.39, 0.29) is 25.1 Å². The van der Waals surface area contributed by atoms with Crippen LogP contribution in [0.4, 0.5) is 5.69 Å². The van der Waals surface area contributed by atoms with Crippen LogP contribution in [0.5, 0.6) is 17.2 Å². The third-order valence-corrected chi connectivity index (χ3v) is 4.51. The number of esters is 1. The first kappa shape index (κ1) is 16.4. The molecule has 1 fully saturated rings. The fourth-order valence-corrected chi connectivity index (χ4v) is 3.14. The Hall–Kier alpha value is -3.02. The first-order valence-corrected chi connectivity index (χ1v) is 8.69. The Morgan fingerprint density at radius 1 is 1.08 bits per heavy atom. The van der Waals surface area contributed by atoms with Crippen molar-refractivity contribution in [1.82, 2.24) is 0 Å². The van der Waals surface area contributed by atoms with E-state index in [1.165, 1.54) is 0 Å². The third-order valence-electron chi connectivity index (χ3n) is 4.51. The van der Waals surface area contributed by atoms with E-state index in [0.29, 0.717) is 24.3 Å². The van der Waals surface area contributed by atoms with Crippen molar-refractivity contribution in [3.05, 3.63) is 48.0 Å². The number of rotatable bonds is 5. The summed E-state index contributed by atoms with van der Waals surface area (Å²) in [6.45, 7) is 0.980. The van der Waals surface area contributed by atoms with Gasteiger partial charge in [0, 0.05) is 25.1 Å². The molecule has 0 bridgehead atoms. The Kier molecular flexibility index (Phi) is 4.48. The van der Waals surface area contributed by atoms with Crippen LogP contribution in [0.2, 0.25) is 0 Å². The molecule has 0 aliphatic carbocycles. The maximum Gasteiger partial charge on any atom is 0.311 e. The van der Waals surface area contributed by atoms with Gasteiger partial charge in [-0.25, -0.2) is 0 Å². The van der Waals surface area contributed by atoms with Crippen LogP contribution in [0, 0.1) is 0 Å². The molecule has 134 valence electrons. The Morgan fingerprint density at radius 2 is 1.88 bits per heavy atom. The summed E-state index contributed by atoms with van der Waals surface area (Å²) in [6.07, 6.45) is 2.31. The van der Waals surface area contributed by atoms with Crippen molar-refractivity contribution in [1.29, 1.82) is 0 Å². The van der Waals surface area contributed by atoms with Gasteiger partial charge < -0.3 is 19.1 Å². The fourth-order valence-electron chi connectivity index (χ4n) is 3.14. The van der Waals surface area contributed by atoms with Gasteiger partial charge in [-0.1, -0.05) is 6.07 Å². The van der Waals surface area contributed by atoms with Gasteiger partial charge in [0.25, 0.3) is 0 Å². The van der Waals surface area contributed by atoms with Gasteiger partial charge in [-0.3, -0.25) is 9.59 Å². The molecule has 26 heavy (non-hydrogen) atoms. The number of hydrogen-bond donors (Lipinski definition) is 0. The number of carbonyl (C=O) groups excluding carboxylic acids is 2. The van der Waals surface area contributed by atoms with E-state index in [1.807, 2.05) is 30.3 Å². The predicted octanol–water partition coefficient (Wildman–Crippen LogP) is 3.08. The molecule has 4 rings (SSSR count). The van der Waals surface area contributed by atoms with Crippen LogP contribution >= 0.6 is 0 Å². The molecule has 2 heterocycles. The summed E-state index contributed by atoms with van der Waals surface area (Å²) >= 11 is 0. The van der Waals surface area contributed by atoms with E-state index < -0.39 is 0 Å². The second-order valence-corrected chi connectivity index (χ2v) is 6.30. The average molecular weight is 353 g/mol. The average Bonchev–Trinajstić information content (AvgIpc) is 3.29. The highest BCUT2D eigenvalue weighted by molar-refractivity contribution is 5.95. The molecule has 0 N–H and O–H groups in total. The minimum atomic E-state index is -0.298. The lowest BCUT2D eigenvalue weighted by molar-refractivity contribution is -0.134. The lowest BCUT2D eigenvalue weighted by Crippen LogP contribution is -2.23. The van der Waals surface area contributed by atoms with E-state index in [4.69, 9.17) is 14.2 Å². The van der Waals surface area contributed by atoms with Gasteiger partial charge in [0.05, 0.1) is 0 Å². The van der Waals surface area contributed by atoms with Crippen molar-refractivity contribution in [2.24, 2.45) is 0 Å². The smallest absolute Gasteiger partial charge is 0.311 e. The minimum Gasteiger partial charge on any atom is -0.454 e. The lowest BCUT2D eigenvalue weighted by atomic mass is 10.1. The largest absolute Gasteiger partial charge is 0.454 e. The number of nitrogens with zero attached hydrogens (tertiary/aromatic N) is 1. The highest BCUT2D eigenvalue weighted by Crippen LogP contribution is 2.32. The van der Waals surface area contributed by atoms with Gasteiger partial charge >= 0.3 is 5.97 Å². The Labute approximate surface area is 151 Å². The van der Waals surface area contributed by atoms with Crippen molar-refractivity contribution in [3.8, 4) is 17.2 Å². The maximum atomic E-state index is 12.1. The topological polar surface area (TPSA) is 65.1 Å². The molecule has 0 radical (unpaired) electrons. The van der Waals surface area contributed by atoms with Crippen molar-refractivity contribution in [2.75, 3.05) is 18.2 Å². The highest BCUT2D eigenvalue weighted by atomic mass is 16.7. The Bertz CT molecular complexity index is 831. The molecule has 0 atom stereocenters. The zero-order valence-electron chi connectivity index (χ0n) is 14.3. The number of aryl methyl sites for hydroxylation is 1. The quantitative estimate of drug-likeness (QED) is 0.610. The molecular weight excluding hydrogens is 334 g/mol. The fraction of sp³-hybridized carbons (Fsp3) is 0.300. The molecule has 0 spiro atoms. The summed E-state index contributed by atoms with van der Waals surface area (Å²) in [7, 11) is 0. The van der Waals surface area contributed by atoms with Gasteiger partial charge in [-0.05, 0) is 54.8 Å². The van der Waals surface area contributed by atoms with E-state index in [2.05, 4.69) is 0 Å². The van der Waals surface area contributed by atoms with Crippen molar-refractivity contribution >= 4 is 17.6 Å². The number of anilines is 1. The summed E-state index contributed by atoms with van der Waals surface area (Å²) in [5.74, 6) is 1.76. The number of amides is 1. The second-order valence-electron chi connectivity index (χ2n) is 6.30. The van der Waals surface area contributed by atoms with Gasteiger partial charge in [0.1, 0.15) is 5.75 Å². The van der Waals surface area contributed by atoms with Crippen LogP contribution < -0.4 is 19.1 Å². The molecule has 2 aliphatic heterocycles. The Morgan fingerprint density at radius 3 is 2.65 bits per heavy atom. The summed E-state index contributed by atoms with van der Waals surface area (Å²) < 4.78 is 16.0. The molecule has 2 aromatic carbocycles. The van der Waals surface area contributed by atoms with E-state index in [9.17, 15) is 9.59 Å². The van der Waals surface area contributed by atoms with Gasteiger partial charge in [-0.15, -0.1) is 0 Å². The van der Waals surface area contributed by atoms with E-state index in [0.717, 1.165) is 30.0 Å². The number of carbonyl (C=O) groups is 2. The first-order chi connectivity index (χ1) is 12.7. The summed E-state index contributed by atoms with van der Waals surface area (Å²) in [5.41, 5.74) is 1.83. The molecule has 2 aliphatic rings. The molecule has 2 aromatic rings. The minimum absolute atomic E-state index is 0.137. The highest BCUT2D eigenvalue weighted by Gasteiger charge is 2.21. The molecule has 6 nitrogen and oxygen atoms in total. The monoisotopic (exact) mass is 353 g/mol. The van der Waals surface area contributed by atoms with Crippen molar-refractivity contribution in [2.45, 2.75) is 25.7 Å². The predicted molar refractivity (Wildman–Crippen MR) is 94.6 cm³/mol. The van der Waals surface area contributed by atoms with Crippen molar-refractivity contribution in [3.63, 3.8) is 0 Å². The molecule has 6 heteroatoms. The number of fused-ring (bicyclic) bond motifs is 1. The SMILES string of the molecule is O=C(CCc1ccc2c(c1)OCO2)Oc1ccc(N2CCCC2=O)cc1. The second kappa shape index (κ2) is 7.07. The van der Waals surface area contributed by atoms with Crippen LogP contribution in [0.25, 0.3) is 0 Å². The molecule has 0 unspecified atom stereocenters. The van der Waals surface area contributed by atoms with Crippen LogP contribution in [-0.2, 0) is 16.0 Å². The first-order valence-electron chi connectivity index (χ1n) is 8.69. The summed E-state index contributed by atoms with van der Waals surface area (Å²) in [5, 5.41) is 0. The third kappa shape index (κ3) is 3.49. The Balaban J connectivity index is 1.31. The van der Waals surface area contributed by atoms with E-state index >= 15 is 0 Å². The van der Waals surface area contributed by atoms with Crippen LogP contribution in [0.1, 0.15) is 24.8 Å². The zero-order chi connectivity index (χ0) is 17.9. The van der Waals surface area contributed by atoms with Crippen LogP contribution in [-0.4, -0.2) is 25.2 Å². The molecule has 1 amide bonds. The molecule has 0 saturated carbocycles. The zero-order valence-corrected chi connectivity index (χ0v) is 14.3. The summed E-state index contributed by atoms with van der Waals surface area (Å²) in [4.78, 5) is 25.6. The van der Waals surface area contributed by atoms with Crippen LogP contribution in [0.3, 0.4) is 0 Å². The van der Waals surface area contributed by atoms with Gasteiger partial charge in [0.15, 0.2) is 11.5 Å². The van der Waals surface area contributed by atoms with Gasteiger partial charge in [-0.2, -0.15) is 0 Å². The lowest BCUT2D eigenvalue weighted by Gasteiger charge is -2.15. The van der Waals surface area contributed by atoms with Crippen LogP contribution in [0.15, 0.2) is 42.5 Å². The maximum absolute atomic E-state index is 12.1. The van der Waals surface area contributed by atoms with Gasteiger partial charge in [0.2, 0.25) is 12.7 Å². The number of benzene rings is 2. The molecular formula is C20H19NO5. The molecule has 0 aromatic heterocycles. The number of hydrogen-bond acceptors (Lipinski definition) is 5. The number of ether oxygens (including phenoxy) is 3.